The molecule has 0 radical (unpaired) electrons. The fourth-order valence-electron chi connectivity index (χ4n) is 2.46. The molecule has 2 rings (SSSR count). The van der Waals surface area contributed by atoms with Gasteiger partial charge in [-0.15, -0.1) is 0 Å². The minimum Gasteiger partial charge on any atom is -0.312 e. The molecule has 16 heavy (non-hydrogen) atoms. The van der Waals surface area contributed by atoms with Crippen molar-refractivity contribution in [2.45, 2.75) is 24.6 Å². The van der Waals surface area contributed by atoms with E-state index in [1.165, 1.54) is 0 Å². The SMILES string of the molecule is CC1CNC2CCS(=O)(=O)CC2S(=O)(=O)C1. The van der Waals surface area contributed by atoms with Gasteiger partial charge in [-0.25, -0.2) is 16.8 Å². The highest BCUT2D eigenvalue weighted by atomic mass is 32.2. The van der Waals surface area contributed by atoms with E-state index in [1.54, 1.807) is 0 Å². The Hall–Kier alpha value is -0.140. The predicted molar refractivity (Wildman–Crippen MR) is 61.8 cm³/mol. The van der Waals surface area contributed by atoms with E-state index in [1.807, 2.05) is 6.92 Å². The van der Waals surface area contributed by atoms with Crippen molar-refractivity contribution in [1.82, 2.24) is 5.32 Å². The van der Waals surface area contributed by atoms with E-state index >= 15 is 0 Å². The summed E-state index contributed by atoms with van der Waals surface area (Å²) in [5, 5.41) is 2.44. The zero-order valence-electron chi connectivity index (χ0n) is 9.22. The lowest BCUT2D eigenvalue weighted by molar-refractivity contribution is 0.448. The largest absolute Gasteiger partial charge is 0.312 e. The maximum absolute atomic E-state index is 12.0. The monoisotopic (exact) mass is 267 g/mol. The van der Waals surface area contributed by atoms with Crippen molar-refractivity contribution in [3.8, 4) is 0 Å². The summed E-state index contributed by atoms with van der Waals surface area (Å²) in [4.78, 5) is 0. The third-order valence-corrected chi connectivity index (χ3v) is 7.70. The summed E-state index contributed by atoms with van der Waals surface area (Å²) in [6, 6.07) is -0.182. The quantitative estimate of drug-likeness (QED) is 0.621. The fraction of sp³-hybridized carbons (Fsp3) is 1.00. The molecule has 3 unspecified atom stereocenters. The second-order valence-corrected chi connectivity index (χ2v) is 9.38. The molecule has 2 fully saturated rings. The maximum atomic E-state index is 12.0. The average Bonchev–Trinajstić information content (AvgIpc) is 2.23. The molecule has 0 spiro atoms. The molecular weight excluding hydrogens is 250 g/mol. The summed E-state index contributed by atoms with van der Waals surface area (Å²) in [6.45, 7) is 2.52. The van der Waals surface area contributed by atoms with Crippen molar-refractivity contribution in [3.05, 3.63) is 0 Å². The van der Waals surface area contributed by atoms with Crippen molar-refractivity contribution in [3.63, 3.8) is 0 Å². The molecule has 0 bridgehead atoms. The van der Waals surface area contributed by atoms with Gasteiger partial charge in [-0.3, -0.25) is 0 Å². The van der Waals surface area contributed by atoms with Crippen LogP contribution in [0.2, 0.25) is 0 Å². The zero-order chi connectivity index (χ0) is 12.0. The molecule has 2 saturated heterocycles. The normalized spacial score (nSPS) is 41.9. The number of nitrogens with one attached hydrogen (secondary N) is 1. The highest BCUT2D eigenvalue weighted by molar-refractivity contribution is 7.95. The molecule has 1 N–H and O–H groups in total. The summed E-state index contributed by atoms with van der Waals surface area (Å²) >= 11 is 0. The molecule has 2 aliphatic rings. The summed E-state index contributed by atoms with van der Waals surface area (Å²) in [7, 11) is -6.46. The summed E-state index contributed by atoms with van der Waals surface area (Å²) in [5.74, 6) is 0.0416. The van der Waals surface area contributed by atoms with Crippen LogP contribution in [0.25, 0.3) is 0 Å². The Morgan fingerprint density at radius 1 is 1.12 bits per heavy atom. The molecular formula is C9H17NO4S2. The van der Waals surface area contributed by atoms with Gasteiger partial charge in [-0.1, -0.05) is 6.92 Å². The third kappa shape index (κ3) is 2.41. The fourth-order valence-corrected chi connectivity index (χ4v) is 7.32. The first-order chi connectivity index (χ1) is 7.30. The molecule has 0 aromatic rings. The Morgan fingerprint density at radius 3 is 2.50 bits per heavy atom. The highest BCUT2D eigenvalue weighted by Crippen LogP contribution is 2.24. The third-order valence-electron chi connectivity index (χ3n) is 3.31. The van der Waals surface area contributed by atoms with E-state index in [9.17, 15) is 16.8 Å². The molecule has 0 saturated carbocycles. The molecule has 2 aliphatic heterocycles. The smallest absolute Gasteiger partial charge is 0.156 e. The first kappa shape index (κ1) is 12.3. The van der Waals surface area contributed by atoms with E-state index in [0.717, 1.165) is 0 Å². The minimum atomic E-state index is -3.28. The molecule has 0 aromatic heterocycles. The number of hydrogen-bond donors (Lipinski definition) is 1. The van der Waals surface area contributed by atoms with E-state index < -0.39 is 24.9 Å². The van der Waals surface area contributed by atoms with Gasteiger partial charge in [0.1, 0.15) is 0 Å². The number of rotatable bonds is 0. The van der Waals surface area contributed by atoms with Crippen LogP contribution in [0.5, 0.6) is 0 Å². The van der Waals surface area contributed by atoms with Crippen LogP contribution in [0.3, 0.4) is 0 Å². The lowest BCUT2D eigenvalue weighted by Gasteiger charge is -2.29. The molecule has 0 aliphatic carbocycles. The van der Waals surface area contributed by atoms with Crippen molar-refractivity contribution >= 4 is 19.7 Å². The Kier molecular flexibility index (Phi) is 3.05. The molecule has 5 nitrogen and oxygen atoms in total. The Balaban J connectivity index is 2.34. The van der Waals surface area contributed by atoms with E-state index in [-0.39, 0.29) is 29.2 Å². The number of fused-ring (bicyclic) bond motifs is 1. The number of hydrogen-bond acceptors (Lipinski definition) is 5. The lowest BCUT2D eigenvalue weighted by Crippen LogP contribution is -2.51. The molecule has 0 amide bonds. The van der Waals surface area contributed by atoms with Crippen LogP contribution in [0, 0.1) is 5.92 Å². The van der Waals surface area contributed by atoms with Gasteiger partial charge in [0.25, 0.3) is 0 Å². The van der Waals surface area contributed by atoms with Crippen molar-refractivity contribution < 1.29 is 16.8 Å². The van der Waals surface area contributed by atoms with Crippen LogP contribution in [0.1, 0.15) is 13.3 Å². The van der Waals surface area contributed by atoms with Gasteiger partial charge in [0.05, 0.1) is 22.5 Å². The van der Waals surface area contributed by atoms with Gasteiger partial charge in [0.15, 0.2) is 19.7 Å². The van der Waals surface area contributed by atoms with Gasteiger partial charge >= 0.3 is 0 Å². The Morgan fingerprint density at radius 2 is 1.81 bits per heavy atom. The van der Waals surface area contributed by atoms with Crippen LogP contribution in [-0.4, -0.2) is 51.9 Å². The van der Waals surface area contributed by atoms with Crippen LogP contribution in [-0.2, 0) is 19.7 Å². The van der Waals surface area contributed by atoms with Gasteiger partial charge in [0.2, 0.25) is 0 Å². The second kappa shape index (κ2) is 3.96. The summed E-state index contributed by atoms with van der Waals surface area (Å²) in [6.07, 6.45) is 0.416. The molecule has 2 heterocycles. The maximum Gasteiger partial charge on any atom is 0.156 e. The average molecular weight is 267 g/mol. The van der Waals surface area contributed by atoms with Crippen LogP contribution < -0.4 is 5.32 Å². The topological polar surface area (TPSA) is 80.3 Å². The molecule has 0 aromatic carbocycles. The minimum absolute atomic E-state index is 0.0540. The second-order valence-electron chi connectivity index (χ2n) is 4.89. The van der Waals surface area contributed by atoms with Crippen LogP contribution in [0.4, 0.5) is 0 Å². The predicted octanol–water partition coefficient (Wildman–Crippen LogP) is -0.804. The molecule has 3 atom stereocenters. The molecule has 94 valence electrons. The van der Waals surface area contributed by atoms with Gasteiger partial charge in [-0.2, -0.15) is 0 Å². The van der Waals surface area contributed by atoms with E-state index in [4.69, 9.17) is 0 Å². The first-order valence-electron chi connectivity index (χ1n) is 5.45. The number of sulfone groups is 2. The van der Waals surface area contributed by atoms with Crippen molar-refractivity contribution in [2.75, 3.05) is 23.8 Å². The molecule has 7 heteroatoms. The van der Waals surface area contributed by atoms with Crippen LogP contribution >= 0.6 is 0 Å². The highest BCUT2D eigenvalue weighted by Gasteiger charge is 2.43. The van der Waals surface area contributed by atoms with Gasteiger partial charge < -0.3 is 5.32 Å². The van der Waals surface area contributed by atoms with E-state index in [0.29, 0.717) is 13.0 Å². The van der Waals surface area contributed by atoms with Gasteiger partial charge in [0, 0.05) is 6.04 Å². The van der Waals surface area contributed by atoms with Crippen LogP contribution in [0.15, 0.2) is 0 Å². The zero-order valence-corrected chi connectivity index (χ0v) is 10.9. The Bertz CT molecular complexity index is 468. The summed E-state index contributed by atoms with van der Waals surface area (Å²) in [5.41, 5.74) is 0. The standard InChI is InChI=1S/C9H17NO4S2/c1-7-4-10-8-2-3-15(11,12)6-9(8)16(13,14)5-7/h7-10H,2-6H2,1H3. The Labute approximate surface area is 96.4 Å². The van der Waals surface area contributed by atoms with E-state index in [2.05, 4.69) is 5.32 Å². The van der Waals surface area contributed by atoms with Crippen molar-refractivity contribution in [1.29, 1.82) is 0 Å². The summed E-state index contributed by atoms with van der Waals surface area (Å²) < 4.78 is 47.0. The van der Waals surface area contributed by atoms with Gasteiger partial charge in [-0.05, 0) is 18.9 Å². The van der Waals surface area contributed by atoms with Crippen molar-refractivity contribution in [2.24, 2.45) is 5.92 Å². The first-order valence-corrected chi connectivity index (χ1v) is 8.99. The lowest BCUT2D eigenvalue weighted by atomic mass is 10.1.